The molecule has 20 heavy (non-hydrogen) atoms. The second-order valence-electron chi connectivity index (χ2n) is 5.32. The number of benzene rings is 2. The van der Waals surface area contributed by atoms with E-state index >= 15 is 0 Å². The van der Waals surface area contributed by atoms with Crippen molar-refractivity contribution in [3.8, 4) is 0 Å². The van der Waals surface area contributed by atoms with Crippen LogP contribution in [0.1, 0.15) is 22.6 Å². The van der Waals surface area contributed by atoms with Gasteiger partial charge >= 0.3 is 0 Å². The number of hydrogen-bond acceptors (Lipinski definition) is 1. The molecule has 2 aromatic carbocycles. The van der Waals surface area contributed by atoms with E-state index in [9.17, 15) is 4.39 Å². The van der Waals surface area contributed by atoms with Gasteiger partial charge in [-0.15, -0.1) is 0 Å². The van der Waals surface area contributed by atoms with Crippen LogP contribution in [0.3, 0.4) is 0 Å². The Labute approximate surface area is 123 Å². The Morgan fingerprint density at radius 3 is 2.80 bits per heavy atom. The summed E-state index contributed by atoms with van der Waals surface area (Å²) >= 11 is 6.06. The minimum Gasteiger partial charge on any atom is -0.316 e. The molecule has 0 aliphatic heterocycles. The van der Waals surface area contributed by atoms with Crippen LogP contribution in [-0.2, 0) is 12.8 Å². The van der Waals surface area contributed by atoms with E-state index in [-0.39, 0.29) is 16.9 Å². The normalized spacial score (nSPS) is 18.2. The van der Waals surface area contributed by atoms with Crippen LogP contribution >= 0.6 is 11.6 Å². The molecule has 1 aliphatic rings. The Bertz CT molecular complexity index is 626. The van der Waals surface area contributed by atoms with E-state index in [0.29, 0.717) is 5.92 Å². The van der Waals surface area contributed by atoms with Gasteiger partial charge in [0.1, 0.15) is 5.82 Å². The van der Waals surface area contributed by atoms with Crippen molar-refractivity contribution in [3.63, 3.8) is 0 Å². The summed E-state index contributed by atoms with van der Waals surface area (Å²) in [6, 6.07) is 13.8. The standard InChI is InChI=1S/C17H17ClFN/c1-20-16(10-12-6-4-8-15(19)17(12)18)14-9-11-5-2-3-7-13(11)14/h2-8,14,16,20H,9-10H2,1H3. The Balaban J connectivity index is 1.81. The Hall–Kier alpha value is -1.38. The van der Waals surface area contributed by atoms with Gasteiger partial charge in [0.05, 0.1) is 5.02 Å². The molecule has 1 N–H and O–H groups in total. The highest BCUT2D eigenvalue weighted by Crippen LogP contribution is 2.38. The fourth-order valence-electron chi connectivity index (χ4n) is 3.05. The zero-order valence-corrected chi connectivity index (χ0v) is 12.1. The van der Waals surface area contributed by atoms with Gasteiger partial charge < -0.3 is 5.32 Å². The molecule has 1 aliphatic carbocycles. The van der Waals surface area contributed by atoms with Crippen LogP contribution in [0.5, 0.6) is 0 Å². The maximum Gasteiger partial charge on any atom is 0.142 e. The van der Waals surface area contributed by atoms with E-state index in [1.54, 1.807) is 6.07 Å². The maximum atomic E-state index is 13.5. The molecule has 0 bridgehead atoms. The smallest absolute Gasteiger partial charge is 0.142 e. The summed E-state index contributed by atoms with van der Waals surface area (Å²) in [5, 5.41) is 3.61. The molecular formula is C17H17ClFN. The van der Waals surface area contributed by atoms with E-state index in [1.165, 1.54) is 17.2 Å². The van der Waals surface area contributed by atoms with Crippen LogP contribution in [0.2, 0.25) is 5.02 Å². The molecule has 3 rings (SSSR count). The number of hydrogen-bond donors (Lipinski definition) is 1. The summed E-state index contributed by atoms with van der Waals surface area (Å²) in [6.07, 6.45) is 1.82. The van der Waals surface area contributed by atoms with Crippen LogP contribution < -0.4 is 5.32 Å². The van der Waals surface area contributed by atoms with E-state index in [0.717, 1.165) is 18.4 Å². The number of likely N-dealkylation sites (N-methyl/N-ethyl adjacent to an activating group) is 1. The van der Waals surface area contributed by atoms with Crippen molar-refractivity contribution < 1.29 is 4.39 Å². The SMILES string of the molecule is CNC(Cc1cccc(F)c1Cl)C1Cc2ccccc21. The van der Waals surface area contributed by atoms with Crippen molar-refractivity contribution in [3.05, 3.63) is 70.0 Å². The van der Waals surface area contributed by atoms with Gasteiger partial charge in [0, 0.05) is 12.0 Å². The van der Waals surface area contributed by atoms with E-state index in [4.69, 9.17) is 11.6 Å². The zero-order chi connectivity index (χ0) is 14.1. The fraction of sp³-hybridized carbons (Fsp3) is 0.294. The second-order valence-corrected chi connectivity index (χ2v) is 5.70. The van der Waals surface area contributed by atoms with Gasteiger partial charge in [-0.3, -0.25) is 0 Å². The summed E-state index contributed by atoms with van der Waals surface area (Å²) in [4.78, 5) is 0. The van der Waals surface area contributed by atoms with Gasteiger partial charge in [0.2, 0.25) is 0 Å². The average Bonchev–Trinajstić information content (AvgIpc) is 2.43. The first-order chi connectivity index (χ1) is 9.70. The van der Waals surface area contributed by atoms with Crippen LogP contribution in [0.25, 0.3) is 0 Å². The number of nitrogens with one attached hydrogen (secondary N) is 1. The monoisotopic (exact) mass is 289 g/mol. The third kappa shape index (κ3) is 2.34. The topological polar surface area (TPSA) is 12.0 Å². The molecule has 3 heteroatoms. The van der Waals surface area contributed by atoms with Crippen molar-refractivity contribution in [1.82, 2.24) is 5.32 Å². The predicted molar refractivity (Wildman–Crippen MR) is 80.8 cm³/mol. The molecular weight excluding hydrogens is 273 g/mol. The van der Waals surface area contributed by atoms with Gasteiger partial charge in [-0.05, 0) is 42.6 Å². The lowest BCUT2D eigenvalue weighted by Gasteiger charge is -2.36. The lowest BCUT2D eigenvalue weighted by Crippen LogP contribution is -2.39. The first-order valence-corrected chi connectivity index (χ1v) is 7.26. The molecule has 0 fully saturated rings. The molecule has 1 nitrogen and oxygen atoms in total. The molecule has 2 atom stereocenters. The molecule has 2 aromatic rings. The highest BCUT2D eigenvalue weighted by atomic mass is 35.5. The van der Waals surface area contributed by atoms with Gasteiger partial charge in [-0.1, -0.05) is 48.0 Å². The minimum atomic E-state index is -0.340. The third-order valence-electron chi connectivity index (χ3n) is 4.22. The lowest BCUT2D eigenvalue weighted by molar-refractivity contribution is 0.422. The predicted octanol–water partition coefficient (Wildman–Crippen LogP) is 3.95. The first-order valence-electron chi connectivity index (χ1n) is 6.88. The molecule has 2 unspecified atom stereocenters. The summed E-state index contributed by atoms with van der Waals surface area (Å²) < 4.78 is 13.5. The third-order valence-corrected chi connectivity index (χ3v) is 4.65. The van der Waals surface area contributed by atoms with E-state index in [2.05, 4.69) is 29.6 Å². The van der Waals surface area contributed by atoms with Crippen LogP contribution in [0, 0.1) is 5.82 Å². The molecule has 0 radical (unpaired) electrons. The van der Waals surface area contributed by atoms with E-state index in [1.807, 2.05) is 13.1 Å². The largest absolute Gasteiger partial charge is 0.316 e. The van der Waals surface area contributed by atoms with E-state index < -0.39 is 0 Å². The highest BCUT2D eigenvalue weighted by Gasteiger charge is 2.32. The second kappa shape index (κ2) is 5.55. The summed E-state index contributed by atoms with van der Waals surface area (Å²) in [6.45, 7) is 0. The highest BCUT2D eigenvalue weighted by molar-refractivity contribution is 6.31. The summed E-state index contributed by atoms with van der Waals surface area (Å²) in [5.74, 6) is 0.142. The Morgan fingerprint density at radius 1 is 1.25 bits per heavy atom. The Morgan fingerprint density at radius 2 is 2.05 bits per heavy atom. The molecule has 0 spiro atoms. The maximum absolute atomic E-state index is 13.5. The molecule has 104 valence electrons. The van der Waals surface area contributed by atoms with Crippen molar-refractivity contribution in [2.45, 2.75) is 24.8 Å². The van der Waals surface area contributed by atoms with Crippen molar-refractivity contribution in [1.29, 1.82) is 0 Å². The average molecular weight is 290 g/mol. The molecule has 0 saturated carbocycles. The number of rotatable bonds is 4. The van der Waals surface area contributed by atoms with Crippen LogP contribution in [0.15, 0.2) is 42.5 Å². The molecule has 0 amide bonds. The zero-order valence-electron chi connectivity index (χ0n) is 11.4. The first kappa shape index (κ1) is 13.6. The van der Waals surface area contributed by atoms with Crippen molar-refractivity contribution in [2.75, 3.05) is 7.05 Å². The molecule has 0 saturated heterocycles. The molecule has 0 aromatic heterocycles. The summed E-state index contributed by atoms with van der Waals surface area (Å²) in [7, 11) is 1.96. The Kier molecular flexibility index (Phi) is 3.77. The quantitative estimate of drug-likeness (QED) is 0.899. The number of halogens is 2. The van der Waals surface area contributed by atoms with Crippen molar-refractivity contribution in [2.24, 2.45) is 0 Å². The minimum absolute atomic E-state index is 0.250. The van der Waals surface area contributed by atoms with Crippen molar-refractivity contribution >= 4 is 11.6 Å². The lowest BCUT2D eigenvalue weighted by atomic mass is 9.72. The van der Waals surface area contributed by atoms with Gasteiger partial charge in [-0.2, -0.15) is 0 Å². The van der Waals surface area contributed by atoms with Gasteiger partial charge in [0.25, 0.3) is 0 Å². The fourth-order valence-corrected chi connectivity index (χ4v) is 3.25. The van der Waals surface area contributed by atoms with Crippen LogP contribution in [0.4, 0.5) is 4.39 Å². The molecule has 0 heterocycles. The van der Waals surface area contributed by atoms with Crippen LogP contribution in [-0.4, -0.2) is 13.1 Å². The number of fused-ring (bicyclic) bond motifs is 1. The van der Waals surface area contributed by atoms with Gasteiger partial charge in [0.15, 0.2) is 0 Å². The summed E-state index contributed by atoms with van der Waals surface area (Å²) in [5.41, 5.74) is 3.69. The van der Waals surface area contributed by atoms with Gasteiger partial charge in [-0.25, -0.2) is 4.39 Å².